The molecule has 8 heteroatoms. The normalized spacial score (nSPS) is 11.0. The summed E-state index contributed by atoms with van der Waals surface area (Å²) < 4.78 is 1.74. The molecule has 0 atom stereocenters. The lowest BCUT2D eigenvalue weighted by molar-refractivity contribution is 0.863. The number of hydrogen-bond donors (Lipinski definition) is 1. The molecule has 0 aliphatic rings. The molecule has 32 heavy (non-hydrogen) atoms. The van der Waals surface area contributed by atoms with Crippen molar-refractivity contribution in [2.75, 3.05) is 24.3 Å². The predicted molar refractivity (Wildman–Crippen MR) is 126 cm³/mol. The van der Waals surface area contributed by atoms with Gasteiger partial charge in [-0.2, -0.15) is 5.10 Å². The number of nitrogens with one attached hydrogen (secondary N) is 1. The summed E-state index contributed by atoms with van der Waals surface area (Å²) in [6.07, 6.45) is 5.36. The zero-order valence-electron chi connectivity index (χ0n) is 18.1. The minimum Gasteiger partial charge on any atom is -0.363 e. The van der Waals surface area contributed by atoms with Gasteiger partial charge in [0.25, 0.3) is 0 Å². The zero-order chi connectivity index (χ0) is 22.1. The molecule has 3 aromatic heterocycles. The number of benzene rings is 2. The van der Waals surface area contributed by atoms with Gasteiger partial charge < -0.3 is 10.2 Å². The number of rotatable bonds is 5. The Labute approximate surface area is 185 Å². The largest absolute Gasteiger partial charge is 0.363 e. The van der Waals surface area contributed by atoms with Crippen molar-refractivity contribution in [1.82, 2.24) is 29.7 Å². The van der Waals surface area contributed by atoms with Gasteiger partial charge in [-0.25, -0.2) is 24.6 Å². The van der Waals surface area contributed by atoms with Crippen molar-refractivity contribution in [2.24, 2.45) is 0 Å². The third kappa shape index (κ3) is 3.85. The van der Waals surface area contributed by atoms with Crippen LogP contribution in [0.3, 0.4) is 0 Å². The topological polar surface area (TPSA) is 84.7 Å². The van der Waals surface area contributed by atoms with E-state index in [2.05, 4.69) is 37.5 Å². The summed E-state index contributed by atoms with van der Waals surface area (Å²) in [5, 5.41) is 8.62. The Balaban J connectivity index is 1.47. The van der Waals surface area contributed by atoms with E-state index in [-0.39, 0.29) is 0 Å². The fraction of sp³-hybridized carbons (Fsp3) is 0.125. The maximum absolute atomic E-state index is 4.82. The van der Waals surface area contributed by atoms with Crippen LogP contribution in [0.15, 0.2) is 73.3 Å². The highest BCUT2D eigenvalue weighted by Gasteiger charge is 2.09. The van der Waals surface area contributed by atoms with Gasteiger partial charge in [-0.3, -0.25) is 0 Å². The molecule has 0 aliphatic carbocycles. The molecule has 0 bridgehead atoms. The van der Waals surface area contributed by atoms with Crippen LogP contribution in [-0.2, 0) is 0 Å². The van der Waals surface area contributed by atoms with Gasteiger partial charge >= 0.3 is 0 Å². The summed E-state index contributed by atoms with van der Waals surface area (Å²) in [7, 11) is 3.96. The second-order valence-electron chi connectivity index (χ2n) is 7.64. The van der Waals surface area contributed by atoms with Crippen molar-refractivity contribution in [3.63, 3.8) is 0 Å². The van der Waals surface area contributed by atoms with E-state index < -0.39 is 0 Å². The number of nitrogens with zero attached hydrogens (tertiary/aromatic N) is 7. The van der Waals surface area contributed by atoms with Gasteiger partial charge in [0.1, 0.15) is 18.0 Å². The molecule has 0 spiro atoms. The molecular weight excluding hydrogens is 400 g/mol. The van der Waals surface area contributed by atoms with Crippen molar-refractivity contribution in [3.05, 3.63) is 79.1 Å². The number of anilines is 3. The molecular formula is C24H22N8. The molecule has 5 rings (SSSR count). The van der Waals surface area contributed by atoms with Crippen molar-refractivity contribution >= 4 is 28.4 Å². The van der Waals surface area contributed by atoms with Crippen LogP contribution in [0, 0.1) is 6.92 Å². The van der Waals surface area contributed by atoms with Gasteiger partial charge in [-0.15, -0.1) is 0 Å². The van der Waals surface area contributed by atoms with Crippen molar-refractivity contribution < 1.29 is 0 Å². The van der Waals surface area contributed by atoms with Gasteiger partial charge in [0.05, 0.1) is 11.2 Å². The van der Waals surface area contributed by atoms with Crippen LogP contribution in [0.25, 0.3) is 27.7 Å². The van der Waals surface area contributed by atoms with Gasteiger partial charge in [-0.1, -0.05) is 18.2 Å². The quantitative estimate of drug-likeness (QED) is 0.450. The Morgan fingerprint density at radius 1 is 0.938 bits per heavy atom. The molecule has 8 nitrogen and oxygen atoms in total. The number of aromatic nitrogens is 6. The maximum atomic E-state index is 4.82. The molecule has 0 saturated carbocycles. The zero-order valence-corrected chi connectivity index (χ0v) is 18.1. The third-order valence-corrected chi connectivity index (χ3v) is 5.12. The predicted octanol–water partition coefficient (Wildman–Crippen LogP) is 4.39. The Bertz CT molecular complexity index is 1390. The highest BCUT2D eigenvalue weighted by Crippen LogP contribution is 2.29. The molecule has 0 unspecified atom stereocenters. The van der Waals surface area contributed by atoms with Crippen molar-refractivity contribution in [1.29, 1.82) is 0 Å². The molecule has 1 N–H and O–H groups in total. The molecule has 0 amide bonds. The van der Waals surface area contributed by atoms with Gasteiger partial charge in [0.2, 0.25) is 5.95 Å². The first kappa shape index (κ1) is 19.6. The standard InChI is InChI=1S/C24H22N8/c1-16-27-15-32(30-16)20-9-7-19(8-10-20)28-24-26-14-18-5-4-6-21(23(18)29-24)17-11-12-25-22(13-17)31(2)3/h4-15H,1-3H3,(H,26,28,29). The summed E-state index contributed by atoms with van der Waals surface area (Å²) in [6, 6.07) is 18.1. The summed E-state index contributed by atoms with van der Waals surface area (Å²) in [5.41, 5.74) is 4.81. The smallest absolute Gasteiger partial charge is 0.227 e. The van der Waals surface area contributed by atoms with E-state index in [1.54, 1.807) is 11.0 Å². The fourth-order valence-electron chi connectivity index (χ4n) is 3.48. The molecule has 3 heterocycles. The molecule has 0 aliphatic heterocycles. The van der Waals surface area contributed by atoms with Gasteiger partial charge in [0, 0.05) is 43.1 Å². The van der Waals surface area contributed by atoms with Crippen molar-refractivity contribution in [3.8, 4) is 16.8 Å². The summed E-state index contributed by atoms with van der Waals surface area (Å²) in [5.74, 6) is 2.17. The highest BCUT2D eigenvalue weighted by atomic mass is 15.3. The Kier molecular flexibility index (Phi) is 4.95. The number of hydrogen-bond acceptors (Lipinski definition) is 7. The first-order chi connectivity index (χ1) is 15.6. The summed E-state index contributed by atoms with van der Waals surface area (Å²) in [6.45, 7) is 1.87. The van der Waals surface area contributed by atoms with Crippen LogP contribution in [0.1, 0.15) is 5.82 Å². The van der Waals surface area contributed by atoms with Crippen LogP contribution in [0.5, 0.6) is 0 Å². The van der Waals surface area contributed by atoms with E-state index in [0.29, 0.717) is 5.95 Å². The van der Waals surface area contributed by atoms with E-state index >= 15 is 0 Å². The minimum atomic E-state index is 0.538. The Hall–Kier alpha value is -4.33. The molecule has 0 radical (unpaired) electrons. The van der Waals surface area contributed by atoms with E-state index in [0.717, 1.165) is 45.0 Å². The Morgan fingerprint density at radius 3 is 2.53 bits per heavy atom. The SMILES string of the molecule is Cc1ncn(-c2ccc(Nc3ncc4cccc(-c5ccnc(N(C)C)c5)c4n3)cc2)n1. The first-order valence-electron chi connectivity index (χ1n) is 10.2. The number of aryl methyl sites for hydroxylation is 1. The van der Waals surface area contributed by atoms with Gasteiger partial charge in [0.15, 0.2) is 0 Å². The molecule has 0 fully saturated rings. The van der Waals surface area contributed by atoms with E-state index in [9.17, 15) is 0 Å². The first-order valence-corrected chi connectivity index (χ1v) is 10.2. The lowest BCUT2D eigenvalue weighted by Gasteiger charge is -2.13. The molecule has 5 aromatic rings. The maximum Gasteiger partial charge on any atom is 0.227 e. The average Bonchev–Trinajstić information content (AvgIpc) is 3.25. The number of fused-ring (bicyclic) bond motifs is 1. The average molecular weight is 422 g/mol. The summed E-state index contributed by atoms with van der Waals surface area (Å²) >= 11 is 0. The van der Waals surface area contributed by atoms with Crippen LogP contribution in [0.4, 0.5) is 17.5 Å². The monoisotopic (exact) mass is 422 g/mol. The number of pyridine rings is 1. The summed E-state index contributed by atoms with van der Waals surface area (Å²) in [4.78, 5) is 19.9. The van der Waals surface area contributed by atoms with Crippen molar-refractivity contribution in [2.45, 2.75) is 6.92 Å². The van der Waals surface area contributed by atoms with Crippen LogP contribution in [0.2, 0.25) is 0 Å². The van der Waals surface area contributed by atoms with Crippen LogP contribution >= 0.6 is 0 Å². The van der Waals surface area contributed by atoms with Crippen LogP contribution < -0.4 is 10.2 Å². The Morgan fingerprint density at radius 2 is 1.78 bits per heavy atom. The van der Waals surface area contributed by atoms with E-state index in [1.807, 2.05) is 80.8 Å². The van der Waals surface area contributed by atoms with E-state index in [1.165, 1.54) is 0 Å². The molecule has 2 aromatic carbocycles. The van der Waals surface area contributed by atoms with Gasteiger partial charge in [-0.05, 0) is 48.9 Å². The second kappa shape index (κ2) is 8.07. The minimum absolute atomic E-state index is 0.538. The lowest BCUT2D eigenvalue weighted by Crippen LogP contribution is -2.10. The highest BCUT2D eigenvalue weighted by molar-refractivity contribution is 5.94. The fourth-order valence-corrected chi connectivity index (χ4v) is 3.48. The lowest BCUT2D eigenvalue weighted by atomic mass is 10.0. The molecule has 0 saturated heterocycles. The second-order valence-corrected chi connectivity index (χ2v) is 7.64. The molecule has 158 valence electrons. The van der Waals surface area contributed by atoms with Crippen LogP contribution in [-0.4, -0.2) is 43.8 Å². The third-order valence-electron chi connectivity index (χ3n) is 5.12. The van der Waals surface area contributed by atoms with E-state index in [4.69, 9.17) is 4.98 Å². The number of para-hydroxylation sites is 1.